The molecule has 0 aromatic heterocycles. The van der Waals surface area contributed by atoms with Crippen LogP contribution in [0.5, 0.6) is 0 Å². The second-order valence-electron chi connectivity index (χ2n) is 4.44. The molecule has 2 unspecified atom stereocenters. The van der Waals surface area contributed by atoms with Crippen molar-refractivity contribution >= 4 is 11.9 Å². The van der Waals surface area contributed by atoms with Crippen molar-refractivity contribution in [1.29, 1.82) is 0 Å². The Labute approximate surface area is 91.2 Å². The molecule has 0 radical (unpaired) electrons. The van der Waals surface area contributed by atoms with Gasteiger partial charge in [0, 0.05) is 19.4 Å². The van der Waals surface area contributed by atoms with E-state index in [0.717, 1.165) is 4.90 Å². The van der Waals surface area contributed by atoms with E-state index in [9.17, 15) is 18.4 Å². The molecule has 90 valence electrons. The van der Waals surface area contributed by atoms with E-state index in [1.165, 1.54) is 0 Å². The summed E-state index contributed by atoms with van der Waals surface area (Å²) in [6, 6.07) is -1.09. The molecule has 0 aromatic rings. The summed E-state index contributed by atoms with van der Waals surface area (Å²) in [6.45, 7) is -0.0750. The maximum atomic E-state index is 13.5. The molecule has 2 saturated heterocycles. The van der Waals surface area contributed by atoms with E-state index < -0.39 is 30.3 Å². The summed E-state index contributed by atoms with van der Waals surface area (Å²) in [7, 11) is 0. The van der Waals surface area contributed by atoms with E-state index in [4.69, 9.17) is 5.11 Å². The SMILES string of the molecule is O=C(O)C1CCC2N(C1)C(=O)CCC2(F)F. The van der Waals surface area contributed by atoms with Gasteiger partial charge in [-0.3, -0.25) is 9.59 Å². The number of carbonyl (C=O) groups is 2. The second-order valence-corrected chi connectivity index (χ2v) is 4.44. The molecule has 2 aliphatic heterocycles. The van der Waals surface area contributed by atoms with Gasteiger partial charge < -0.3 is 10.0 Å². The number of carbonyl (C=O) groups excluding carboxylic acids is 1. The predicted molar refractivity (Wildman–Crippen MR) is 50.0 cm³/mol. The van der Waals surface area contributed by atoms with Gasteiger partial charge in [-0.05, 0) is 12.8 Å². The molecular weight excluding hydrogens is 220 g/mol. The lowest BCUT2D eigenvalue weighted by atomic mass is 9.85. The van der Waals surface area contributed by atoms with E-state index in [2.05, 4.69) is 0 Å². The number of amides is 1. The first kappa shape index (κ1) is 11.3. The van der Waals surface area contributed by atoms with Gasteiger partial charge in [-0.2, -0.15) is 0 Å². The minimum absolute atomic E-state index is 0.0750. The number of aliphatic carboxylic acids is 1. The normalized spacial score (nSPS) is 33.4. The van der Waals surface area contributed by atoms with Crippen LogP contribution in [-0.2, 0) is 9.59 Å². The molecule has 0 aromatic carbocycles. The Kier molecular flexibility index (Phi) is 2.59. The van der Waals surface area contributed by atoms with Gasteiger partial charge in [0.15, 0.2) is 0 Å². The number of alkyl halides is 2. The predicted octanol–water partition coefficient (Wildman–Crippen LogP) is 1.11. The maximum Gasteiger partial charge on any atom is 0.308 e. The molecular formula is C10H13F2NO3. The van der Waals surface area contributed by atoms with Crippen molar-refractivity contribution < 1.29 is 23.5 Å². The molecule has 1 amide bonds. The summed E-state index contributed by atoms with van der Waals surface area (Å²) in [6.07, 6.45) is -0.296. The standard InChI is InChI=1S/C10H13F2NO3/c11-10(12)4-3-8(14)13-5-6(9(15)16)1-2-7(10)13/h6-7H,1-5H2,(H,15,16). The van der Waals surface area contributed by atoms with E-state index in [-0.39, 0.29) is 31.7 Å². The zero-order chi connectivity index (χ0) is 11.9. The first-order valence-electron chi connectivity index (χ1n) is 5.32. The fourth-order valence-electron chi connectivity index (χ4n) is 2.47. The van der Waals surface area contributed by atoms with Crippen LogP contribution in [0.3, 0.4) is 0 Å². The Morgan fingerprint density at radius 3 is 2.75 bits per heavy atom. The summed E-state index contributed by atoms with van der Waals surface area (Å²) in [4.78, 5) is 23.3. The van der Waals surface area contributed by atoms with Gasteiger partial charge >= 0.3 is 5.97 Å². The fraction of sp³-hybridized carbons (Fsp3) is 0.800. The third-order valence-electron chi connectivity index (χ3n) is 3.41. The Bertz CT molecular complexity index is 332. The largest absolute Gasteiger partial charge is 0.481 e. The van der Waals surface area contributed by atoms with Crippen LogP contribution in [0.2, 0.25) is 0 Å². The van der Waals surface area contributed by atoms with Crippen LogP contribution in [0.25, 0.3) is 0 Å². The van der Waals surface area contributed by atoms with Crippen molar-refractivity contribution in [2.75, 3.05) is 6.54 Å². The summed E-state index contributed by atoms with van der Waals surface area (Å²) >= 11 is 0. The van der Waals surface area contributed by atoms with Gasteiger partial charge in [0.2, 0.25) is 5.91 Å². The molecule has 2 atom stereocenters. The number of rotatable bonds is 1. The van der Waals surface area contributed by atoms with Gasteiger partial charge in [-0.15, -0.1) is 0 Å². The van der Waals surface area contributed by atoms with Crippen LogP contribution in [0.4, 0.5) is 8.78 Å². The highest BCUT2D eigenvalue weighted by Gasteiger charge is 2.51. The molecule has 2 fully saturated rings. The highest BCUT2D eigenvalue weighted by Crippen LogP contribution is 2.39. The zero-order valence-corrected chi connectivity index (χ0v) is 8.66. The fourth-order valence-corrected chi connectivity index (χ4v) is 2.47. The molecule has 2 heterocycles. The average Bonchev–Trinajstić information content (AvgIpc) is 2.23. The monoisotopic (exact) mass is 233 g/mol. The third kappa shape index (κ3) is 1.76. The summed E-state index contributed by atoms with van der Waals surface area (Å²) in [5.74, 6) is -4.92. The van der Waals surface area contributed by atoms with Crippen LogP contribution >= 0.6 is 0 Å². The van der Waals surface area contributed by atoms with Crippen LogP contribution in [-0.4, -0.2) is 40.4 Å². The van der Waals surface area contributed by atoms with Crippen molar-refractivity contribution in [2.45, 2.75) is 37.6 Å². The van der Waals surface area contributed by atoms with Crippen LogP contribution in [0.15, 0.2) is 0 Å². The van der Waals surface area contributed by atoms with Crippen molar-refractivity contribution in [1.82, 2.24) is 4.90 Å². The molecule has 0 aliphatic carbocycles. The first-order valence-corrected chi connectivity index (χ1v) is 5.32. The van der Waals surface area contributed by atoms with E-state index in [0.29, 0.717) is 0 Å². The van der Waals surface area contributed by atoms with Crippen LogP contribution in [0.1, 0.15) is 25.7 Å². The molecule has 1 N–H and O–H groups in total. The number of halogens is 2. The van der Waals surface area contributed by atoms with E-state index in [1.54, 1.807) is 0 Å². The summed E-state index contributed by atoms with van der Waals surface area (Å²) < 4.78 is 27.0. The number of fused-ring (bicyclic) bond motifs is 1. The number of hydrogen-bond acceptors (Lipinski definition) is 2. The smallest absolute Gasteiger partial charge is 0.308 e. The third-order valence-corrected chi connectivity index (χ3v) is 3.41. The van der Waals surface area contributed by atoms with Crippen molar-refractivity contribution in [3.63, 3.8) is 0 Å². The average molecular weight is 233 g/mol. The number of piperidine rings is 2. The van der Waals surface area contributed by atoms with E-state index >= 15 is 0 Å². The quantitative estimate of drug-likeness (QED) is 0.738. The highest BCUT2D eigenvalue weighted by atomic mass is 19.3. The number of carboxylic acids is 1. The Morgan fingerprint density at radius 1 is 1.44 bits per heavy atom. The zero-order valence-electron chi connectivity index (χ0n) is 8.66. The molecule has 0 spiro atoms. The molecule has 2 rings (SSSR count). The Balaban J connectivity index is 2.17. The Morgan fingerprint density at radius 2 is 2.12 bits per heavy atom. The lowest BCUT2D eigenvalue weighted by molar-refractivity contribution is -0.171. The lowest BCUT2D eigenvalue weighted by Crippen LogP contribution is -2.59. The molecule has 4 nitrogen and oxygen atoms in total. The van der Waals surface area contributed by atoms with Gasteiger partial charge in [-0.1, -0.05) is 0 Å². The maximum absolute atomic E-state index is 13.5. The molecule has 0 bridgehead atoms. The minimum atomic E-state index is -2.86. The topological polar surface area (TPSA) is 57.6 Å². The summed E-state index contributed by atoms with van der Waals surface area (Å²) in [5, 5.41) is 8.82. The van der Waals surface area contributed by atoms with Crippen molar-refractivity contribution in [2.24, 2.45) is 5.92 Å². The number of hydrogen-bond donors (Lipinski definition) is 1. The minimum Gasteiger partial charge on any atom is -0.481 e. The van der Waals surface area contributed by atoms with Gasteiger partial charge in [0.25, 0.3) is 5.92 Å². The van der Waals surface area contributed by atoms with E-state index in [1.807, 2.05) is 0 Å². The van der Waals surface area contributed by atoms with Crippen LogP contribution < -0.4 is 0 Å². The lowest BCUT2D eigenvalue weighted by Gasteiger charge is -2.45. The number of carboxylic acid groups (broad SMARTS) is 1. The molecule has 2 aliphatic rings. The van der Waals surface area contributed by atoms with Gasteiger partial charge in [0.05, 0.1) is 12.0 Å². The van der Waals surface area contributed by atoms with Gasteiger partial charge in [-0.25, -0.2) is 8.78 Å². The second kappa shape index (κ2) is 3.68. The van der Waals surface area contributed by atoms with Crippen molar-refractivity contribution in [3.8, 4) is 0 Å². The molecule has 16 heavy (non-hydrogen) atoms. The molecule has 0 saturated carbocycles. The Hall–Kier alpha value is -1.20. The molecule has 6 heteroatoms. The van der Waals surface area contributed by atoms with Crippen LogP contribution in [0, 0.1) is 5.92 Å². The highest BCUT2D eigenvalue weighted by molar-refractivity contribution is 5.79. The van der Waals surface area contributed by atoms with Gasteiger partial charge in [0.1, 0.15) is 0 Å². The number of nitrogens with zero attached hydrogens (tertiary/aromatic N) is 1. The first-order chi connectivity index (χ1) is 7.42. The summed E-state index contributed by atoms with van der Waals surface area (Å²) in [5.41, 5.74) is 0. The van der Waals surface area contributed by atoms with Crippen molar-refractivity contribution in [3.05, 3.63) is 0 Å².